The highest BCUT2D eigenvalue weighted by molar-refractivity contribution is 9.10. The highest BCUT2D eigenvalue weighted by Gasteiger charge is 1.95. The average Bonchev–Trinajstić information content (AvgIpc) is 2.47. The minimum Gasteiger partial charge on any atom is -0.494 e. The zero-order chi connectivity index (χ0) is 14.5. The van der Waals surface area contributed by atoms with Crippen molar-refractivity contribution in [2.24, 2.45) is 0 Å². The summed E-state index contributed by atoms with van der Waals surface area (Å²) in [6, 6.07) is 8.01. The minimum absolute atomic E-state index is 0.346. The fourth-order valence-electron chi connectivity index (χ4n) is 2.17. The standard InChI is InChI=1S/C17H27BrO2/c18-16-10-12-17(13-11-16)20-15-9-7-5-3-1-2-4-6-8-14-19/h10-13,19H,1-9,14-15H2. The molecule has 1 N–H and O–H groups in total. The predicted octanol–water partition coefficient (Wildman–Crippen LogP) is 5.33. The highest BCUT2D eigenvalue weighted by Crippen LogP contribution is 2.16. The van der Waals surface area contributed by atoms with Crippen molar-refractivity contribution in [1.29, 1.82) is 0 Å². The molecule has 3 heteroatoms. The van der Waals surface area contributed by atoms with Crippen molar-refractivity contribution in [2.45, 2.75) is 57.8 Å². The van der Waals surface area contributed by atoms with E-state index in [2.05, 4.69) is 15.9 Å². The van der Waals surface area contributed by atoms with E-state index in [9.17, 15) is 0 Å². The second-order valence-electron chi connectivity index (χ2n) is 5.21. The molecule has 0 aliphatic rings. The van der Waals surface area contributed by atoms with Crippen LogP contribution in [-0.2, 0) is 0 Å². The van der Waals surface area contributed by atoms with Crippen molar-refractivity contribution in [1.82, 2.24) is 0 Å². The van der Waals surface area contributed by atoms with Gasteiger partial charge in [-0.15, -0.1) is 0 Å². The molecule has 1 aromatic rings. The Balaban J connectivity index is 1.84. The minimum atomic E-state index is 0.346. The molecule has 20 heavy (non-hydrogen) atoms. The number of unbranched alkanes of at least 4 members (excludes halogenated alkanes) is 8. The van der Waals surface area contributed by atoms with Gasteiger partial charge in [-0.25, -0.2) is 0 Å². The van der Waals surface area contributed by atoms with E-state index in [0.717, 1.165) is 29.7 Å². The molecule has 114 valence electrons. The SMILES string of the molecule is OCCCCCCCCCCCOc1ccc(Br)cc1. The summed E-state index contributed by atoms with van der Waals surface area (Å²) in [6.45, 7) is 1.16. The zero-order valence-corrected chi connectivity index (χ0v) is 13.9. The summed E-state index contributed by atoms with van der Waals surface area (Å²) in [5.41, 5.74) is 0. The maximum atomic E-state index is 8.67. The summed E-state index contributed by atoms with van der Waals surface area (Å²) in [7, 11) is 0. The summed E-state index contributed by atoms with van der Waals surface area (Å²) in [4.78, 5) is 0. The Labute approximate surface area is 131 Å². The summed E-state index contributed by atoms with van der Waals surface area (Å²) in [5, 5.41) is 8.67. The molecule has 0 saturated carbocycles. The molecule has 2 nitrogen and oxygen atoms in total. The predicted molar refractivity (Wildman–Crippen MR) is 88.3 cm³/mol. The van der Waals surface area contributed by atoms with Gasteiger partial charge in [0.25, 0.3) is 0 Å². The van der Waals surface area contributed by atoms with Crippen molar-refractivity contribution in [3.8, 4) is 5.75 Å². The Morgan fingerprint density at radius 1 is 0.750 bits per heavy atom. The molecule has 0 radical (unpaired) electrons. The molecule has 0 aliphatic carbocycles. The van der Waals surface area contributed by atoms with E-state index in [1.807, 2.05) is 24.3 Å². The van der Waals surface area contributed by atoms with E-state index < -0.39 is 0 Å². The molecule has 0 aromatic heterocycles. The number of hydrogen-bond donors (Lipinski definition) is 1. The van der Waals surface area contributed by atoms with Gasteiger partial charge in [0.15, 0.2) is 0 Å². The first-order valence-electron chi connectivity index (χ1n) is 7.82. The van der Waals surface area contributed by atoms with Crippen molar-refractivity contribution in [3.63, 3.8) is 0 Å². The quantitative estimate of drug-likeness (QED) is 0.520. The number of benzene rings is 1. The molecular formula is C17H27BrO2. The van der Waals surface area contributed by atoms with Gasteiger partial charge in [0.1, 0.15) is 5.75 Å². The van der Waals surface area contributed by atoms with E-state index >= 15 is 0 Å². The first kappa shape index (κ1) is 17.5. The maximum absolute atomic E-state index is 8.67. The van der Waals surface area contributed by atoms with E-state index in [-0.39, 0.29) is 0 Å². The second kappa shape index (κ2) is 12.2. The number of halogens is 1. The third-order valence-corrected chi connectivity index (χ3v) is 3.91. The van der Waals surface area contributed by atoms with Crippen LogP contribution in [0.15, 0.2) is 28.7 Å². The largest absolute Gasteiger partial charge is 0.494 e. The number of aliphatic hydroxyl groups is 1. The molecule has 0 unspecified atom stereocenters. The van der Waals surface area contributed by atoms with Gasteiger partial charge in [-0.05, 0) is 37.1 Å². The normalized spacial score (nSPS) is 10.7. The van der Waals surface area contributed by atoms with Gasteiger partial charge < -0.3 is 9.84 Å². The Morgan fingerprint density at radius 2 is 1.25 bits per heavy atom. The second-order valence-corrected chi connectivity index (χ2v) is 6.12. The van der Waals surface area contributed by atoms with Crippen molar-refractivity contribution in [2.75, 3.05) is 13.2 Å². The Bertz CT molecular complexity index is 324. The smallest absolute Gasteiger partial charge is 0.119 e. The van der Waals surface area contributed by atoms with Crippen LogP contribution in [0, 0.1) is 0 Å². The number of hydrogen-bond acceptors (Lipinski definition) is 2. The molecule has 0 amide bonds. The third kappa shape index (κ3) is 9.38. The van der Waals surface area contributed by atoms with Crippen LogP contribution in [0.3, 0.4) is 0 Å². The van der Waals surface area contributed by atoms with E-state index in [1.54, 1.807) is 0 Å². The van der Waals surface area contributed by atoms with Gasteiger partial charge in [-0.2, -0.15) is 0 Å². The lowest BCUT2D eigenvalue weighted by Gasteiger charge is -2.06. The third-order valence-electron chi connectivity index (χ3n) is 3.38. The van der Waals surface area contributed by atoms with Crippen molar-refractivity contribution in [3.05, 3.63) is 28.7 Å². The van der Waals surface area contributed by atoms with Gasteiger partial charge in [-0.1, -0.05) is 60.9 Å². The monoisotopic (exact) mass is 342 g/mol. The Morgan fingerprint density at radius 3 is 1.80 bits per heavy atom. The highest BCUT2D eigenvalue weighted by atomic mass is 79.9. The molecule has 1 aromatic carbocycles. The van der Waals surface area contributed by atoms with Crippen LogP contribution in [0.2, 0.25) is 0 Å². The van der Waals surface area contributed by atoms with Gasteiger partial charge in [-0.3, -0.25) is 0 Å². The first-order valence-corrected chi connectivity index (χ1v) is 8.61. The lowest BCUT2D eigenvalue weighted by Crippen LogP contribution is -1.97. The van der Waals surface area contributed by atoms with Crippen LogP contribution < -0.4 is 4.74 Å². The van der Waals surface area contributed by atoms with Crippen LogP contribution in [0.4, 0.5) is 0 Å². The summed E-state index contributed by atoms with van der Waals surface area (Å²) < 4.78 is 6.78. The van der Waals surface area contributed by atoms with Crippen LogP contribution in [-0.4, -0.2) is 18.3 Å². The molecule has 0 fully saturated rings. The lowest BCUT2D eigenvalue weighted by atomic mass is 10.1. The molecule has 0 heterocycles. The Hall–Kier alpha value is -0.540. The molecule has 0 aliphatic heterocycles. The van der Waals surface area contributed by atoms with Gasteiger partial charge in [0.05, 0.1) is 6.61 Å². The van der Waals surface area contributed by atoms with E-state index in [0.29, 0.717) is 6.61 Å². The maximum Gasteiger partial charge on any atom is 0.119 e. The van der Waals surface area contributed by atoms with Crippen LogP contribution in [0.25, 0.3) is 0 Å². The van der Waals surface area contributed by atoms with Crippen LogP contribution in [0.5, 0.6) is 5.75 Å². The first-order chi connectivity index (χ1) is 9.83. The number of rotatable bonds is 12. The topological polar surface area (TPSA) is 29.5 Å². The molecule has 1 rings (SSSR count). The molecule has 0 saturated heterocycles. The number of ether oxygens (including phenoxy) is 1. The van der Waals surface area contributed by atoms with Crippen LogP contribution in [0.1, 0.15) is 57.8 Å². The summed E-state index contributed by atoms with van der Waals surface area (Å²) >= 11 is 3.41. The van der Waals surface area contributed by atoms with Crippen LogP contribution >= 0.6 is 15.9 Å². The lowest BCUT2D eigenvalue weighted by molar-refractivity contribution is 0.282. The van der Waals surface area contributed by atoms with Gasteiger partial charge >= 0.3 is 0 Å². The molecular weight excluding hydrogens is 316 g/mol. The Kier molecular flexibility index (Phi) is 10.7. The zero-order valence-electron chi connectivity index (χ0n) is 12.3. The summed E-state index contributed by atoms with van der Waals surface area (Å²) in [5.74, 6) is 0.956. The van der Waals surface area contributed by atoms with E-state index in [4.69, 9.17) is 9.84 Å². The molecule has 0 atom stereocenters. The molecule has 0 bridgehead atoms. The fraction of sp³-hybridized carbons (Fsp3) is 0.647. The van der Waals surface area contributed by atoms with E-state index in [1.165, 1.54) is 44.9 Å². The fourth-order valence-corrected chi connectivity index (χ4v) is 2.44. The molecule has 0 spiro atoms. The summed E-state index contributed by atoms with van der Waals surface area (Å²) in [6.07, 6.45) is 11.1. The average molecular weight is 343 g/mol. The van der Waals surface area contributed by atoms with Crippen molar-refractivity contribution >= 4 is 15.9 Å². The van der Waals surface area contributed by atoms with Crippen molar-refractivity contribution < 1.29 is 9.84 Å². The van der Waals surface area contributed by atoms with Gasteiger partial charge in [0, 0.05) is 11.1 Å². The number of aliphatic hydroxyl groups excluding tert-OH is 1. The van der Waals surface area contributed by atoms with Gasteiger partial charge in [0.2, 0.25) is 0 Å².